The number of halogens is 1. The first-order valence-corrected chi connectivity index (χ1v) is 9.47. The van der Waals surface area contributed by atoms with Gasteiger partial charge in [0.25, 0.3) is 5.88 Å². The molecule has 1 N–H and O–H groups in total. The molecular formula is C21H19FN4O5. The number of hydrogen-bond acceptors (Lipinski definition) is 6. The summed E-state index contributed by atoms with van der Waals surface area (Å²) < 4.78 is 26.6. The molecule has 31 heavy (non-hydrogen) atoms. The van der Waals surface area contributed by atoms with Crippen molar-refractivity contribution in [3.8, 4) is 17.3 Å². The Balaban J connectivity index is 1.81. The number of amides is 1. The van der Waals surface area contributed by atoms with Gasteiger partial charge in [0.2, 0.25) is 5.91 Å². The minimum Gasteiger partial charge on any atom is -0.490 e. The quantitative estimate of drug-likeness (QED) is 0.663. The van der Waals surface area contributed by atoms with Gasteiger partial charge in [-0.15, -0.1) is 5.10 Å². The third kappa shape index (κ3) is 3.91. The summed E-state index contributed by atoms with van der Waals surface area (Å²) in [5.41, 5.74) is 0.426. The molecule has 0 bridgehead atoms. The van der Waals surface area contributed by atoms with Crippen LogP contribution in [-0.4, -0.2) is 34.0 Å². The molecule has 0 spiro atoms. The van der Waals surface area contributed by atoms with Crippen LogP contribution in [0.25, 0.3) is 5.69 Å². The number of methoxy groups -OCH3 is 1. The topological polar surface area (TPSA) is 104 Å². The Morgan fingerprint density at radius 2 is 2.10 bits per heavy atom. The van der Waals surface area contributed by atoms with E-state index in [0.29, 0.717) is 35.5 Å². The number of ether oxygens (including phenoxy) is 2. The van der Waals surface area contributed by atoms with E-state index < -0.39 is 17.1 Å². The zero-order chi connectivity index (χ0) is 22.1. The number of fused-ring (bicyclic) bond motifs is 1. The summed E-state index contributed by atoms with van der Waals surface area (Å²) in [5, 5.41) is 6.62. The van der Waals surface area contributed by atoms with Gasteiger partial charge in [-0.05, 0) is 35.9 Å². The first kappa shape index (κ1) is 20.3. The average molecular weight is 426 g/mol. The van der Waals surface area contributed by atoms with Crippen LogP contribution >= 0.6 is 0 Å². The number of anilines is 1. The van der Waals surface area contributed by atoms with Gasteiger partial charge in [0.1, 0.15) is 0 Å². The molecule has 3 aromatic rings. The lowest BCUT2D eigenvalue weighted by atomic mass is 10.1. The van der Waals surface area contributed by atoms with Gasteiger partial charge in [-0.25, -0.2) is 13.8 Å². The maximum atomic E-state index is 14.3. The first-order valence-electron chi connectivity index (χ1n) is 9.47. The van der Waals surface area contributed by atoms with Crippen LogP contribution in [0.5, 0.6) is 11.6 Å². The second-order valence-corrected chi connectivity index (χ2v) is 6.99. The molecule has 1 aromatic heterocycles. The maximum Gasteiger partial charge on any atom is 0.352 e. The van der Waals surface area contributed by atoms with Crippen LogP contribution in [0.1, 0.15) is 18.1 Å². The largest absolute Gasteiger partial charge is 0.490 e. The zero-order valence-electron chi connectivity index (χ0n) is 16.8. The molecule has 0 saturated carbocycles. The third-order valence-corrected chi connectivity index (χ3v) is 4.77. The fourth-order valence-electron chi connectivity index (χ4n) is 3.44. The van der Waals surface area contributed by atoms with Crippen molar-refractivity contribution in [2.45, 2.75) is 19.9 Å². The van der Waals surface area contributed by atoms with E-state index >= 15 is 0 Å². The number of aromatic nitrogens is 3. The normalized spacial score (nSPS) is 12.2. The van der Waals surface area contributed by atoms with Crippen LogP contribution in [0.4, 0.5) is 10.1 Å². The van der Waals surface area contributed by atoms with Crippen molar-refractivity contribution in [1.82, 2.24) is 14.3 Å². The van der Waals surface area contributed by atoms with Gasteiger partial charge in [0.05, 0.1) is 25.9 Å². The lowest BCUT2D eigenvalue weighted by Gasteiger charge is -2.13. The van der Waals surface area contributed by atoms with E-state index in [1.807, 2.05) is 0 Å². The molecular weight excluding hydrogens is 407 g/mol. The molecule has 1 amide bonds. The van der Waals surface area contributed by atoms with E-state index in [0.717, 1.165) is 9.25 Å². The lowest BCUT2D eigenvalue weighted by Crippen LogP contribution is -2.41. The molecule has 0 atom stereocenters. The number of hydrogen-bond donors (Lipinski definition) is 1. The van der Waals surface area contributed by atoms with Crippen LogP contribution in [0.15, 0.2) is 46.0 Å². The van der Waals surface area contributed by atoms with Crippen molar-refractivity contribution in [1.29, 1.82) is 0 Å². The van der Waals surface area contributed by atoms with E-state index in [4.69, 9.17) is 9.47 Å². The van der Waals surface area contributed by atoms with Crippen LogP contribution in [0.2, 0.25) is 0 Å². The highest BCUT2D eigenvalue weighted by molar-refractivity contribution is 5.88. The summed E-state index contributed by atoms with van der Waals surface area (Å²) in [7, 11) is 1.27. The number of benzene rings is 2. The molecule has 0 radical (unpaired) electrons. The molecule has 1 aliphatic rings. The fourth-order valence-corrected chi connectivity index (χ4v) is 3.44. The molecule has 2 heterocycles. The Morgan fingerprint density at radius 1 is 1.29 bits per heavy atom. The number of carbonyl (C=O) groups is 1. The van der Waals surface area contributed by atoms with Crippen molar-refractivity contribution in [2.24, 2.45) is 0 Å². The lowest BCUT2D eigenvalue weighted by molar-refractivity contribution is -0.114. The summed E-state index contributed by atoms with van der Waals surface area (Å²) in [6.45, 7) is 1.57. The maximum absolute atomic E-state index is 14.3. The molecule has 4 rings (SSSR count). The van der Waals surface area contributed by atoms with E-state index in [-0.39, 0.29) is 24.1 Å². The minimum atomic E-state index is -0.737. The zero-order valence-corrected chi connectivity index (χ0v) is 16.8. The van der Waals surface area contributed by atoms with Crippen LogP contribution in [-0.2, 0) is 17.8 Å². The van der Waals surface area contributed by atoms with Gasteiger partial charge in [0.15, 0.2) is 11.6 Å². The summed E-state index contributed by atoms with van der Waals surface area (Å²) >= 11 is 0. The summed E-state index contributed by atoms with van der Waals surface area (Å²) in [6.07, 6.45) is 0.550. The van der Waals surface area contributed by atoms with Crippen molar-refractivity contribution >= 4 is 11.6 Å². The monoisotopic (exact) mass is 426 g/mol. The smallest absolute Gasteiger partial charge is 0.352 e. The Kier molecular flexibility index (Phi) is 5.28. The highest BCUT2D eigenvalue weighted by atomic mass is 19.1. The molecule has 10 heteroatoms. The van der Waals surface area contributed by atoms with Gasteiger partial charge in [-0.3, -0.25) is 9.59 Å². The van der Waals surface area contributed by atoms with Crippen molar-refractivity contribution in [3.05, 3.63) is 74.2 Å². The van der Waals surface area contributed by atoms with Crippen LogP contribution in [0, 0.1) is 5.82 Å². The van der Waals surface area contributed by atoms with E-state index in [9.17, 15) is 18.8 Å². The second-order valence-electron chi connectivity index (χ2n) is 6.99. The SMILES string of the molecule is COc1nn(-c2cccc(NC(C)=O)c2)c(=O)n(Cc2cc(F)c3c(c2)CCO3)c1=O. The summed E-state index contributed by atoms with van der Waals surface area (Å²) in [4.78, 5) is 37.2. The third-order valence-electron chi connectivity index (χ3n) is 4.77. The van der Waals surface area contributed by atoms with Crippen molar-refractivity contribution in [2.75, 3.05) is 19.0 Å². The van der Waals surface area contributed by atoms with Crippen LogP contribution < -0.4 is 26.0 Å². The fraction of sp³-hybridized carbons (Fsp3) is 0.238. The van der Waals surface area contributed by atoms with E-state index in [2.05, 4.69) is 10.4 Å². The number of nitrogens with one attached hydrogen (secondary N) is 1. The first-order chi connectivity index (χ1) is 14.9. The van der Waals surface area contributed by atoms with Gasteiger partial charge in [-0.1, -0.05) is 6.07 Å². The molecule has 0 saturated heterocycles. The Morgan fingerprint density at radius 3 is 2.84 bits per heavy atom. The summed E-state index contributed by atoms with van der Waals surface area (Å²) in [5.74, 6) is -0.907. The molecule has 1 aliphatic heterocycles. The van der Waals surface area contributed by atoms with Crippen molar-refractivity contribution < 1.29 is 18.7 Å². The van der Waals surface area contributed by atoms with Gasteiger partial charge < -0.3 is 14.8 Å². The van der Waals surface area contributed by atoms with E-state index in [1.54, 1.807) is 24.3 Å². The second kappa shape index (κ2) is 8.05. The Bertz CT molecular complexity index is 1300. The highest BCUT2D eigenvalue weighted by Gasteiger charge is 2.20. The molecule has 0 fully saturated rings. The summed E-state index contributed by atoms with van der Waals surface area (Å²) in [6, 6.07) is 9.37. The molecule has 2 aromatic carbocycles. The van der Waals surface area contributed by atoms with Crippen molar-refractivity contribution in [3.63, 3.8) is 0 Å². The number of rotatable bonds is 5. The van der Waals surface area contributed by atoms with Gasteiger partial charge in [-0.2, -0.15) is 4.68 Å². The Hall–Kier alpha value is -3.95. The number of carbonyl (C=O) groups excluding carboxylic acids is 1. The standard InChI is InChI=1S/C21H19FN4O5/c1-12(27)23-15-4-3-5-16(10-15)26-21(29)25(20(28)19(24-26)30-2)11-13-8-14-6-7-31-18(14)17(22)9-13/h3-5,8-10H,6-7,11H2,1-2H3,(H,23,27). The number of nitrogens with zero attached hydrogens (tertiary/aromatic N) is 3. The van der Waals surface area contributed by atoms with Crippen LogP contribution in [0.3, 0.4) is 0 Å². The van der Waals surface area contributed by atoms with Gasteiger partial charge in [0, 0.05) is 24.6 Å². The van der Waals surface area contributed by atoms with Gasteiger partial charge >= 0.3 is 11.2 Å². The molecule has 0 aliphatic carbocycles. The highest BCUT2D eigenvalue weighted by Crippen LogP contribution is 2.29. The van der Waals surface area contributed by atoms with E-state index in [1.165, 1.54) is 26.2 Å². The average Bonchev–Trinajstić information content (AvgIpc) is 3.20. The predicted molar refractivity (Wildman–Crippen MR) is 110 cm³/mol. The molecule has 0 unspecified atom stereocenters. The predicted octanol–water partition coefficient (Wildman–Crippen LogP) is 1.48. The Labute approximate surface area is 175 Å². The molecule has 160 valence electrons. The molecule has 9 nitrogen and oxygen atoms in total. The minimum absolute atomic E-state index is 0.174.